The van der Waals surface area contributed by atoms with Gasteiger partial charge in [0.05, 0.1) is 5.39 Å². The monoisotopic (exact) mass is 295 g/mol. The summed E-state index contributed by atoms with van der Waals surface area (Å²) in [5, 5.41) is 1.12. The van der Waals surface area contributed by atoms with E-state index in [0.29, 0.717) is 6.04 Å². The van der Waals surface area contributed by atoms with Crippen molar-refractivity contribution in [1.82, 2.24) is 19.5 Å². The molecule has 3 aromatic rings. The molecule has 114 valence electrons. The molecule has 1 saturated heterocycles. The highest BCUT2D eigenvalue weighted by Gasteiger charge is 2.24. The van der Waals surface area contributed by atoms with Crippen molar-refractivity contribution in [2.45, 2.75) is 32.7 Å². The lowest BCUT2D eigenvalue weighted by Gasteiger charge is -2.35. The van der Waals surface area contributed by atoms with Crippen LogP contribution in [0.15, 0.2) is 30.7 Å². The number of hydrogen-bond acceptors (Lipinski definition) is 3. The second kappa shape index (κ2) is 5.16. The fourth-order valence-electron chi connectivity index (χ4n) is 3.70. The Kier molecular flexibility index (Phi) is 3.13. The number of aromatic nitrogens is 4. The quantitative estimate of drug-likeness (QED) is 0.789. The molecule has 5 nitrogen and oxygen atoms in total. The van der Waals surface area contributed by atoms with Gasteiger partial charge in [-0.05, 0) is 44.9 Å². The van der Waals surface area contributed by atoms with Crippen LogP contribution >= 0.6 is 0 Å². The zero-order chi connectivity index (χ0) is 15.1. The number of rotatable bonds is 2. The zero-order valence-electron chi connectivity index (χ0n) is 13.1. The summed E-state index contributed by atoms with van der Waals surface area (Å²) in [5.41, 5.74) is 3.65. The first-order chi connectivity index (χ1) is 10.7. The van der Waals surface area contributed by atoms with E-state index in [1.54, 1.807) is 6.33 Å². The number of hydrogen-bond donors (Lipinski definition) is 1. The molecule has 22 heavy (non-hydrogen) atoms. The van der Waals surface area contributed by atoms with Crippen molar-refractivity contribution in [2.75, 3.05) is 18.0 Å². The first kappa shape index (κ1) is 13.4. The normalized spacial score (nSPS) is 16.5. The van der Waals surface area contributed by atoms with Crippen molar-refractivity contribution in [2.24, 2.45) is 0 Å². The van der Waals surface area contributed by atoms with Crippen molar-refractivity contribution in [1.29, 1.82) is 0 Å². The summed E-state index contributed by atoms with van der Waals surface area (Å²) in [7, 11) is 0. The summed E-state index contributed by atoms with van der Waals surface area (Å²) in [6.07, 6.45) is 5.90. The summed E-state index contributed by atoms with van der Waals surface area (Å²) in [5.74, 6) is 1.06. The van der Waals surface area contributed by atoms with E-state index >= 15 is 0 Å². The maximum atomic E-state index is 4.51. The number of anilines is 1. The van der Waals surface area contributed by atoms with Crippen LogP contribution in [0.25, 0.3) is 11.0 Å². The van der Waals surface area contributed by atoms with Crippen LogP contribution < -0.4 is 4.90 Å². The van der Waals surface area contributed by atoms with Gasteiger partial charge in [0.2, 0.25) is 0 Å². The van der Waals surface area contributed by atoms with Crippen molar-refractivity contribution < 1.29 is 0 Å². The molecule has 4 rings (SSSR count). The van der Waals surface area contributed by atoms with E-state index in [4.69, 9.17) is 0 Å². The minimum atomic E-state index is 0.606. The molecular formula is C17H21N5. The third-order valence-electron chi connectivity index (χ3n) is 4.79. The zero-order valence-corrected chi connectivity index (χ0v) is 13.1. The molecule has 0 aromatic carbocycles. The van der Waals surface area contributed by atoms with Crippen molar-refractivity contribution in [3.63, 3.8) is 0 Å². The van der Waals surface area contributed by atoms with Gasteiger partial charge in [-0.1, -0.05) is 0 Å². The van der Waals surface area contributed by atoms with E-state index in [1.165, 1.54) is 11.4 Å². The molecule has 0 saturated carbocycles. The Hall–Kier alpha value is -2.30. The summed E-state index contributed by atoms with van der Waals surface area (Å²) >= 11 is 0. The van der Waals surface area contributed by atoms with Crippen molar-refractivity contribution in [3.8, 4) is 0 Å². The van der Waals surface area contributed by atoms with Gasteiger partial charge in [0.25, 0.3) is 0 Å². The minimum absolute atomic E-state index is 0.606. The van der Waals surface area contributed by atoms with Crippen LogP contribution in [-0.2, 0) is 0 Å². The van der Waals surface area contributed by atoms with Crippen LogP contribution in [0.2, 0.25) is 0 Å². The predicted molar refractivity (Wildman–Crippen MR) is 88.3 cm³/mol. The molecule has 5 heteroatoms. The molecule has 1 fully saturated rings. The molecule has 1 N–H and O–H groups in total. The lowest BCUT2D eigenvalue weighted by atomic mass is 10.0. The van der Waals surface area contributed by atoms with E-state index in [9.17, 15) is 0 Å². The number of nitrogens with zero attached hydrogens (tertiary/aromatic N) is 4. The van der Waals surface area contributed by atoms with Crippen LogP contribution in [0.5, 0.6) is 0 Å². The lowest BCUT2D eigenvalue weighted by Crippen LogP contribution is -2.35. The third kappa shape index (κ3) is 2.08. The van der Waals surface area contributed by atoms with Crippen LogP contribution in [0.4, 0.5) is 5.82 Å². The molecule has 0 spiro atoms. The van der Waals surface area contributed by atoms with Crippen LogP contribution in [0, 0.1) is 13.8 Å². The second-order valence-electron chi connectivity index (χ2n) is 6.14. The molecule has 1 aliphatic heterocycles. The van der Waals surface area contributed by atoms with Crippen LogP contribution in [0.3, 0.4) is 0 Å². The van der Waals surface area contributed by atoms with Crippen LogP contribution in [-0.4, -0.2) is 32.6 Å². The summed E-state index contributed by atoms with van der Waals surface area (Å²) < 4.78 is 2.49. The SMILES string of the molecule is Cc1ccc(C)n1C1CCN(c2ncnc3[nH]ccc23)CC1. The summed E-state index contributed by atoms with van der Waals surface area (Å²) in [6, 6.07) is 7.11. The van der Waals surface area contributed by atoms with Gasteiger partial charge >= 0.3 is 0 Å². The average molecular weight is 295 g/mol. The second-order valence-corrected chi connectivity index (χ2v) is 6.14. The number of H-pyrrole nitrogens is 1. The van der Waals surface area contributed by atoms with Gasteiger partial charge in [0.15, 0.2) is 0 Å². The maximum absolute atomic E-state index is 4.51. The molecule has 0 aliphatic carbocycles. The average Bonchev–Trinajstić information content (AvgIpc) is 3.14. The Morgan fingerprint density at radius 1 is 1.05 bits per heavy atom. The van der Waals surface area contributed by atoms with Gasteiger partial charge in [0.1, 0.15) is 17.8 Å². The predicted octanol–water partition coefficient (Wildman–Crippen LogP) is 3.22. The standard InChI is InChI=1S/C17H21N5/c1-12-3-4-13(2)22(12)14-6-9-21(10-7-14)17-15-5-8-18-16(15)19-11-20-17/h3-5,8,11,14H,6-7,9-10H2,1-2H3,(H,18,19,20). The Bertz CT molecular complexity index is 773. The molecule has 4 heterocycles. The molecule has 0 amide bonds. The molecule has 0 atom stereocenters. The Labute approximate surface area is 130 Å². The number of fused-ring (bicyclic) bond motifs is 1. The molecular weight excluding hydrogens is 274 g/mol. The van der Waals surface area contributed by atoms with Crippen molar-refractivity contribution >= 4 is 16.9 Å². The lowest BCUT2D eigenvalue weighted by molar-refractivity contribution is 0.386. The molecule has 0 unspecified atom stereocenters. The fourth-order valence-corrected chi connectivity index (χ4v) is 3.70. The Morgan fingerprint density at radius 2 is 1.77 bits per heavy atom. The number of aryl methyl sites for hydroxylation is 2. The molecule has 0 radical (unpaired) electrons. The van der Waals surface area contributed by atoms with E-state index < -0.39 is 0 Å². The van der Waals surface area contributed by atoms with Gasteiger partial charge in [0, 0.05) is 36.7 Å². The van der Waals surface area contributed by atoms with Gasteiger partial charge in [-0.25, -0.2) is 9.97 Å². The third-order valence-corrected chi connectivity index (χ3v) is 4.79. The van der Waals surface area contributed by atoms with E-state index in [0.717, 1.165) is 42.8 Å². The van der Waals surface area contributed by atoms with Gasteiger partial charge in [-0.15, -0.1) is 0 Å². The first-order valence-electron chi connectivity index (χ1n) is 7.91. The summed E-state index contributed by atoms with van der Waals surface area (Å²) in [6.45, 7) is 6.48. The largest absolute Gasteiger partial charge is 0.356 e. The molecule has 0 bridgehead atoms. The molecule has 1 aliphatic rings. The maximum Gasteiger partial charge on any atom is 0.142 e. The number of aromatic amines is 1. The van der Waals surface area contributed by atoms with E-state index in [2.05, 4.69) is 56.5 Å². The van der Waals surface area contributed by atoms with Gasteiger partial charge in [-0.2, -0.15) is 0 Å². The first-order valence-corrected chi connectivity index (χ1v) is 7.91. The highest BCUT2D eigenvalue weighted by atomic mass is 15.2. The molecule has 3 aromatic heterocycles. The van der Waals surface area contributed by atoms with E-state index in [-0.39, 0.29) is 0 Å². The van der Waals surface area contributed by atoms with E-state index in [1.807, 2.05) is 6.20 Å². The van der Waals surface area contributed by atoms with Crippen LogP contribution in [0.1, 0.15) is 30.3 Å². The highest BCUT2D eigenvalue weighted by Crippen LogP contribution is 2.30. The summed E-state index contributed by atoms with van der Waals surface area (Å²) in [4.78, 5) is 14.3. The Balaban J connectivity index is 1.56. The number of piperidine rings is 1. The van der Waals surface area contributed by atoms with Gasteiger partial charge < -0.3 is 14.5 Å². The van der Waals surface area contributed by atoms with Crippen molar-refractivity contribution in [3.05, 3.63) is 42.1 Å². The van der Waals surface area contributed by atoms with Gasteiger partial charge in [-0.3, -0.25) is 0 Å². The minimum Gasteiger partial charge on any atom is -0.356 e. The fraction of sp³-hybridized carbons (Fsp3) is 0.412. The topological polar surface area (TPSA) is 49.7 Å². The highest BCUT2D eigenvalue weighted by molar-refractivity contribution is 5.87. The number of nitrogens with one attached hydrogen (secondary N) is 1. The smallest absolute Gasteiger partial charge is 0.142 e. The Morgan fingerprint density at radius 3 is 2.50 bits per heavy atom.